The minimum absolute atomic E-state index is 0.108. The van der Waals surface area contributed by atoms with Crippen LogP contribution in [0.1, 0.15) is 39.9 Å². The van der Waals surface area contributed by atoms with E-state index in [2.05, 4.69) is 5.32 Å². The van der Waals surface area contributed by atoms with Gasteiger partial charge in [0.15, 0.2) is 0 Å². The molecule has 4 amide bonds. The highest BCUT2D eigenvalue weighted by atomic mass is 16.2. The van der Waals surface area contributed by atoms with Crippen LogP contribution in [0.25, 0.3) is 0 Å². The molecule has 2 aromatic rings. The molecular weight excluding hydrogens is 366 g/mol. The fourth-order valence-corrected chi connectivity index (χ4v) is 4.08. The van der Waals surface area contributed by atoms with Crippen molar-refractivity contribution in [2.24, 2.45) is 0 Å². The smallest absolute Gasteiger partial charge is 0.325 e. The Kier molecular flexibility index (Phi) is 4.86. The van der Waals surface area contributed by atoms with Crippen LogP contribution in [-0.2, 0) is 11.3 Å². The van der Waals surface area contributed by atoms with E-state index >= 15 is 0 Å². The number of hydrogen-bond acceptors (Lipinski definition) is 3. The minimum atomic E-state index is -1.03. The molecule has 0 aromatic heterocycles. The van der Waals surface area contributed by atoms with Crippen LogP contribution in [0.2, 0.25) is 0 Å². The monoisotopic (exact) mass is 391 g/mol. The average Bonchev–Trinajstić information content (AvgIpc) is 2.93. The third-order valence-corrected chi connectivity index (χ3v) is 5.79. The summed E-state index contributed by atoms with van der Waals surface area (Å²) in [6.07, 6.45) is 1.21. The van der Waals surface area contributed by atoms with E-state index in [9.17, 15) is 14.4 Å². The van der Waals surface area contributed by atoms with Gasteiger partial charge >= 0.3 is 6.03 Å². The first-order valence-corrected chi connectivity index (χ1v) is 9.94. The molecule has 2 aliphatic heterocycles. The Hall–Kier alpha value is -3.15. The van der Waals surface area contributed by atoms with Gasteiger partial charge in [0.25, 0.3) is 11.8 Å². The Morgan fingerprint density at radius 2 is 1.62 bits per heavy atom. The summed E-state index contributed by atoms with van der Waals surface area (Å²) in [6, 6.07) is 14.8. The Bertz CT molecular complexity index is 952. The third kappa shape index (κ3) is 3.62. The van der Waals surface area contributed by atoms with Crippen molar-refractivity contribution in [3.05, 3.63) is 70.8 Å². The fourth-order valence-electron chi connectivity index (χ4n) is 4.08. The van der Waals surface area contributed by atoms with E-state index < -0.39 is 5.54 Å². The highest BCUT2D eigenvalue weighted by molar-refractivity contribution is 6.07. The van der Waals surface area contributed by atoms with Gasteiger partial charge in [-0.05, 0) is 44.4 Å². The van der Waals surface area contributed by atoms with Crippen LogP contribution >= 0.6 is 0 Å². The molecule has 29 heavy (non-hydrogen) atoms. The molecule has 1 N–H and O–H groups in total. The molecule has 6 heteroatoms. The van der Waals surface area contributed by atoms with Gasteiger partial charge in [-0.1, -0.05) is 47.5 Å². The van der Waals surface area contributed by atoms with Crippen LogP contribution in [0.4, 0.5) is 4.79 Å². The molecule has 0 radical (unpaired) electrons. The Balaban J connectivity index is 1.52. The molecule has 0 bridgehead atoms. The van der Waals surface area contributed by atoms with E-state index in [0.717, 1.165) is 16.7 Å². The SMILES string of the molecule is Cc1ccc(CN2C(=O)N[C@@]3(CCCN(C(=O)c4ccc(C)cc4)C3)C2=O)cc1. The molecule has 4 rings (SSSR count). The average molecular weight is 391 g/mol. The van der Waals surface area contributed by atoms with E-state index in [0.29, 0.717) is 24.9 Å². The normalized spacial score (nSPS) is 21.6. The molecule has 0 aliphatic carbocycles. The lowest BCUT2D eigenvalue weighted by atomic mass is 9.88. The molecule has 1 atom stereocenters. The Morgan fingerprint density at radius 3 is 2.28 bits per heavy atom. The molecular formula is C23H25N3O3. The number of urea groups is 1. The van der Waals surface area contributed by atoms with Crippen LogP contribution in [-0.4, -0.2) is 46.3 Å². The van der Waals surface area contributed by atoms with Crippen molar-refractivity contribution in [3.63, 3.8) is 0 Å². The van der Waals surface area contributed by atoms with Crippen molar-refractivity contribution in [1.82, 2.24) is 15.1 Å². The van der Waals surface area contributed by atoms with Gasteiger partial charge in [0.1, 0.15) is 5.54 Å². The largest absolute Gasteiger partial charge is 0.336 e. The molecule has 2 saturated heterocycles. The summed E-state index contributed by atoms with van der Waals surface area (Å²) in [6.45, 7) is 4.98. The second-order valence-corrected chi connectivity index (χ2v) is 8.09. The van der Waals surface area contributed by atoms with Gasteiger partial charge in [-0.2, -0.15) is 0 Å². The lowest BCUT2D eigenvalue weighted by Gasteiger charge is -2.38. The van der Waals surface area contributed by atoms with Gasteiger partial charge in [-0.15, -0.1) is 0 Å². The Labute approximate surface area is 170 Å². The molecule has 2 fully saturated rings. The molecule has 0 unspecified atom stereocenters. The number of imide groups is 1. The maximum absolute atomic E-state index is 13.2. The first-order chi connectivity index (χ1) is 13.9. The van der Waals surface area contributed by atoms with Gasteiger partial charge in [0.05, 0.1) is 13.1 Å². The van der Waals surface area contributed by atoms with E-state index in [-0.39, 0.29) is 30.9 Å². The van der Waals surface area contributed by atoms with Crippen molar-refractivity contribution < 1.29 is 14.4 Å². The summed E-state index contributed by atoms with van der Waals surface area (Å²) in [4.78, 5) is 41.7. The summed E-state index contributed by atoms with van der Waals surface area (Å²) in [7, 11) is 0. The van der Waals surface area contributed by atoms with E-state index in [1.165, 1.54) is 4.90 Å². The quantitative estimate of drug-likeness (QED) is 0.818. The second-order valence-electron chi connectivity index (χ2n) is 8.09. The van der Waals surface area contributed by atoms with Crippen LogP contribution in [0.15, 0.2) is 48.5 Å². The molecule has 150 valence electrons. The molecule has 1 spiro atoms. The number of rotatable bonds is 3. The van der Waals surface area contributed by atoms with E-state index in [1.807, 2.05) is 50.2 Å². The summed E-state index contributed by atoms with van der Waals surface area (Å²) >= 11 is 0. The van der Waals surface area contributed by atoms with Crippen molar-refractivity contribution >= 4 is 17.8 Å². The maximum atomic E-state index is 13.2. The molecule has 0 saturated carbocycles. The number of benzene rings is 2. The summed E-state index contributed by atoms with van der Waals surface area (Å²) in [5.41, 5.74) is 2.68. The van der Waals surface area contributed by atoms with Gasteiger partial charge in [0.2, 0.25) is 0 Å². The zero-order chi connectivity index (χ0) is 20.6. The predicted molar refractivity (Wildman–Crippen MR) is 109 cm³/mol. The number of carbonyl (C=O) groups is 3. The number of amides is 4. The molecule has 2 aliphatic rings. The number of nitrogens with one attached hydrogen (secondary N) is 1. The fraction of sp³-hybridized carbons (Fsp3) is 0.348. The number of likely N-dealkylation sites (tertiary alicyclic amines) is 1. The molecule has 2 aromatic carbocycles. The Morgan fingerprint density at radius 1 is 1.00 bits per heavy atom. The second kappa shape index (κ2) is 7.35. The predicted octanol–water partition coefficient (Wildman–Crippen LogP) is 3.03. The van der Waals surface area contributed by atoms with Crippen molar-refractivity contribution in [1.29, 1.82) is 0 Å². The molecule has 6 nitrogen and oxygen atoms in total. The highest BCUT2D eigenvalue weighted by Crippen LogP contribution is 2.30. The van der Waals surface area contributed by atoms with Gasteiger partial charge in [0, 0.05) is 12.1 Å². The van der Waals surface area contributed by atoms with Crippen molar-refractivity contribution in [2.45, 2.75) is 38.8 Å². The number of hydrogen-bond donors (Lipinski definition) is 1. The topological polar surface area (TPSA) is 69.7 Å². The number of nitrogens with zero attached hydrogens (tertiary/aromatic N) is 2. The maximum Gasteiger partial charge on any atom is 0.325 e. The van der Waals surface area contributed by atoms with Crippen molar-refractivity contribution in [3.8, 4) is 0 Å². The summed E-state index contributed by atoms with van der Waals surface area (Å²) in [5, 5.41) is 2.89. The van der Waals surface area contributed by atoms with Crippen LogP contribution < -0.4 is 5.32 Å². The zero-order valence-corrected chi connectivity index (χ0v) is 16.8. The highest BCUT2D eigenvalue weighted by Gasteiger charge is 2.53. The first kappa shape index (κ1) is 19.2. The first-order valence-electron chi connectivity index (χ1n) is 9.94. The van der Waals surface area contributed by atoms with Crippen LogP contribution in [0.5, 0.6) is 0 Å². The van der Waals surface area contributed by atoms with Gasteiger partial charge in [-0.3, -0.25) is 14.5 Å². The number of aryl methyl sites for hydroxylation is 2. The summed E-state index contributed by atoms with van der Waals surface area (Å²) in [5.74, 6) is -0.354. The van der Waals surface area contributed by atoms with E-state index in [4.69, 9.17) is 0 Å². The third-order valence-electron chi connectivity index (χ3n) is 5.79. The lowest BCUT2D eigenvalue weighted by molar-refractivity contribution is -0.133. The minimum Gasteiger partial charge on any atom is -0.336 e. The zero-order valence-electron chi connectivity index (χ0n) is 16.8. The van der Waals surface area contributed by atoms with Crippen molar-refractivity contribution in [2.75, 3.05) is 13.1 Å². The van der Waals surface area contributed by atoms with Crippen LogP contribution in [0, 0.1) is 13.8 Å². The lowest BCUT2D eigenvalue weighted by Crippen LogP contribution is -2.59. The number of carbonyl (C=O) groups excluding carboxylic acids is 3. The standard InChI is InChI=1S/C23H25N3O3/c1-16-4-8-18(9-5-16)14-26-21(28)23(24-22(26)29)12-3-13-25(15-23)20(27)19-10-6-17(2)7-11-19/h4-11H,3,12-15H2,1-2H3,(H,24,29)/t23-/m1/s1. The van der Waals surface area contributed by atoms with Gasteiger partial charge < -0.3 is 10.2 Å². The van der Waals surface area contributed by atoms with E-state index in [1.54, 1.807) is 17.0 Å². The van der Waals surface area contributed by atoms with Crippen LogP contribution in [0.3, 0.4) is 0 Å². The molecule has 2 heterocycles. The van der Waals surface area contributed by atoms with Gasteiger partial charge in [-0.25, -0.2) is 4.79 Å². The number of piperidine rings is 1. The summed E-state index contributed by atoms with van der Waals surface area (Å²) < 4.78 is 0.